The van der Waals surface area contributed by atoms with E-state index in [4.69, 9.17) is 5.11 Å². The van der Waals surface area contributed by atoms with Crippen LogP contribution in [0.4, 0.5) is 18.9 Å². The number of pyridine rings is 1. The number of nitrogens with zero attached hydrogens (tertiary/aromatic N) is 3. The lowest BCUT2D eigenvalue weighted by molar-refractivity contribution is -0.141. The number of aromatic nitrogens is 3. The summed E-state index contributed by atoms with van der Waals surface area (Å²) in [6.45, 7) is 0.817. The van der Waals surface area contributed by atoms with Gasteiger partial charge < -0.3 is 10.4 Å². The summed E-state index contributed by atoms with van der Waals surface area (Å²) in [5, 5.41) is 15.7. The SMILES string of the molecule is OCCn1cc(CNc2ccc(C(F)(F)F)nc2)cn1. The van der Waals surface area contributed by atoms with Crippen LogP contribution in [0.25, 0.3) is 0 Å². The molecule has 0 atom stereocenters. The van der Waals surface area contributed by atoms with Gasteiger partial charge in [-0.2, -0.15) is 18.3 Å². The Morgan fingerprint density at radius 1 is 1.25 bits per heavy atom. The minimum absolute atomic E-state index is 0.00261. The second-order valence-corrected chi connectivity index (χ2v) is 4.12. The highest BCUT2D eigenvalue weighted by Gasteiger charge is 2.31. The van der Waals surface area contributed by atoms with Gasteiger partial charge in [-0.15, -0.1) is 0 Å². The molecule has 0 saturated heterocycles. The van der Waals surface area contributed by atoms with Crippen molar-refractivity contribution in [3.05, 3.63) is 42.0 Å². The maximum absolute atomic E-state index is 12.3. The lowest BCUT2D eigenvalue weighted by Crippen LogP contribution is -2.08. The van der Waals surface area contributed by atoms with Crippen molar-refractivity contribution in [2.75, 3.05) is 11.9 Å². The first kappa shape index (κ1) is 14.3. The topological polar surface area (TPSA) is 63.0 Å². The Balaban J connectivity index is 1.93. The molecule has 2 aromatic heterocycles. The third kappa shape index (κ3) is 3.70. The predicted molar refractivity (Wildman–Crippen MR) is 65.9 cm³/mol. The molecule has 0 aliphatic rings. The fourth-order valence-corrected chi connectivity index (χ4v) is 1.59. The van der Waals surface area contributed by atoms with Gasteiger partial charge in [0.2, 0.25) is 0 Å². The van der Waals surface area contributed by atoms with Gasteiger partial charge >= 0.3 is 6.18 Å². The standard InChI is InChI=1S/C12H13F3N4O/c13-12(14,15)11-2-1-10(7-17-11)16-5-9-6-18-19(8-9)3-4-20/h1-2,6-8,16,20H,3-5H2. The largest absolute Gasteiger partial charge is 0.433 e. The van der Waals surface area contributed by atoms with Gasteiger partial charge in [-0.3, -0.25) is 4.68 Å². The van der Waals surface area contributed by atoms with Crippen LogP contribution >= 0.6 is 0 Å². The van der Waals surface area contributed by atoms with Crippen molar-refractivity contribution in [1.29, 1.82) is 0 Å². The van der Waals surface area contributed by atoms with E-state index in [1.54, 1.807) is 17.1 Å². The number of halogens is 3. The Morgan fingerprint density at radius 2 is 2.05 bits per heavy atom. The number of hydrogen-bond donors (Lipinski definition) is 2. The van der Waals surface area contributed by atoms with Crippen molar-refractivity contribution in [2.24, 2.45) is 0 Å². The summed E-state index contributed by atoms with van der Waals surface area (Å²) in [6.07, 6.45) is 0.0891. The molecule has 2 N–H and O–H groups in total. The monoisotopic (exact) mass is 286 g/mol. The number of rotatable bonds is 5. The predicted octanol–water partition coefficient (Wildman–Crippen LogP) is 1.90. The molecule has 0 bridgehead atoms. The summed E-state index contributed by atoms with van der Waals surface area (Å²) in [5.74, 6) is 0. The van der Waals surface area contributed by atoms with E-state index in [-0.39, 0.29) is 6.61 Å². The zero-order valence-corrected chi connectivity index (χ0v) is 10.4. The second-order valence-electron chi connectivity index (χ2n) is 4.12. The Kier molecular flexibility index (Phi) is 4.23. The minimum Gasteiger partial charge on any atom is -0.394 e. The molecule has 108 valence electrons. The molecule has 0 fully saturated rings. The number of anilines is 1. The molecule has 0 saturated carbocycles. The first-order valence-electron chi connectivity index (χ1n) is 5.88. The summed E-state index contributed by atoms with van der Waals surface area (Å²) < 4.78 is 38.6. The number of alkyl halides is 3. The van der Waals surface area contributed by atoms with E-state index >= 15 is 0 Å². The van der Waals surface area contributed by atoms with E-state index in [0.29, 0.717) is 18.8 Å². The van der Waals surface area contributed by atoms with Crippen LogP contribution in [0, 0.1) is 0 Å². The van der Waals surface area contributed by atoms with E-state index < -0.39 is 11.9 Å². The van der Waals surface area contributed by atoms with Crippen molar-refractivity contribution in [3.63, 3.8) is 0 Å². The van der Waals surface area contributed by atoms with Gasteiger partial charge in [0.15, 0.2) is 0 Å². The average molecular weight is 286 g/mol. The van der Waals surface area contributed by atoms with E-state index in [0.717, 1.165) is 17.8 Å². The Hall–Kier alpha value is -2.09. The highest BCUT2D eigenvalue weighted by Crippen LogP contribution is 2.27. The zero-order chi connectivity index (χ0) is 14.6. The lowest BCUT2D eigenvalue weighted by atomic mass is 10.3. The third-order valence-electron chi connectivity index (χ3n) is 2.57. The van der Waals surface area contributed by atoms with Crippen molar-refractivity contribution >= 4 is 5.69 Å². The van der Waals surface area contributed by atoms with Crippen LogP contribution in [0.1, 0.15) is 11.3 Å². The molecule has 0 radical (unpaired) electrons. The van der Waals surface area contributed by atoms with E-state index in [1.807, 2.05) is 0 Å². The van der Waals surface area contributed by atoms with Crippen molar-refractivity contribution in [2.45, 2.75) is 19.3 Å². The number of nitrogens with one attached hydrogen (secondary N) is 1. The average Bonchev–Trinajstić information content (AvgIpc) is 2.84. The van der Waals surface area contributed by atoms with Crippen LogP contribution in [0.5, 0.6) is 0 Å². The van der Waals surface area contributed by atoms with Crippen molar-refractivity contribution in [1.82, 2.24) is 14.8 Å². The van der Waals surface area contributed by atoms with Crippen LogP contribution < -0.4 is 5.32 Å². The van der Waals surface area contributed by atoms with Crippen LogP contribution in [-0.4, -0.2) is 26.5 Å². The molecule has 2 rings (SSSR count). The maximum atomic E-state index is 12.3. The van der Waals surface area contributed by atoms with Gasteiger partial charge in [-0.25, -0.2) is 4.98 Å². The molecule has 0 unspecified atom stereocenters. The van der Waals surface area contributed by atoms with Gasteiger partial charge in [0.25, 0.3) is 0 Å². The van der Waals surface area contributed by atoms with Crippen molar-refractivity contribution in [3.8, 4) is 0 Å². The summed E-state index contributed by atoms with van der Waals surface area (Å²) in [5.41, 5.74) is 0.435. The molecule has 0 aliphatic heterocycles. The molecule has 2 heterocycles. The van der Waals surface area contributed by atoms with Gasteiger partial charge in [0, 0.05) is 18.3 Å². The fourth-order valence-electron chi connectivity index (χ4n) is 1.59. The second kappa shape index (κ2) is 5.91. The molecule has 0 aromatic carbocycles. The number of aliphatic hydroxyl groups excluding tert-OH is 1. The Morgan fingerprint density at radius 3 is 2.65 bits per heavy atom. The highest BCUT2D eigenvalue weighted by atomic mass is 19.4. The van der Waals surface area contributed by atoms with Gasteiger partial charge in [-0.05, 0) is 12.1 Å². The minimum atomic E-state index is -4.43. The first-order valence-corrected chi connectivity index (χ1v) is 5.88. The fraction of sp³-hybridized carbons (Fsp3) is 0.333. The van der Waals surface area contributed by atoms with E-state index in [1.165, 1.54) is 6.07 Å². The summed E-state index contributed by atoms with van der Waals surface area (Å²) in [6, 6.07) is 2.26. The van der Waals surface area contributed by atoms with E-state index in [9.17, 15) is 13.2 Å². The molecular formula is C12H13F3N4O. The van der Waals surface area contributed by atoms with Crippen LogP contribution in [-0.2, 0) is 19.3 Å². The molecule has 0 spiro atoms. The maximum Gasteiger partial charge on any atom is 0.433 e. The molecule has 0 amide bonds. The molecule has 5 nitrogen and oxygen atoms in total. The summed E-state index contributed by atoms with van der Waals surface area (Å²) in [7, 11) is 0. The van der Waals surface area contributed by atoms with Gasteiger partial charge in [-0.1, -0.05) is 0 Å². The van der Waals surface area contributed by atoms with Gasteiger partial charge in [0.1, 0.15) is 5.69 Å². The van der Waals surface area contributed by atoms with Crippen LogP contribution in [0.2, 0.25) is 0 Å². The van der Waals surface area contributed by atoms with Gasteiger partial charge in [0.05, 0.1) is 31.2 Å². The van der Waals surface area contributed by atoms with Crippen LogP contribution in [0.3, 0.4) is 0 Å². The molecule has 8 heteroatoms. The van der Waals surface area contributed by atoms with Crippen LogP contribution in [0.15, 0.2) is 30.7 Å². The third-order valence-corrected chi connectivity index (χ3v) is 2.57. The molecular weight excluding hydrogens is 273 g/mol. The normalized spacial score (nSPS) is 11.6. The van der Waals surface area contributed by atoms with E-state index in [2.05, 4.69) is 15.4 Å². The first-order chi connectivity index (χ1) is 9.49. The quantitative estimate of drug-likeness (QED) is 0.881. The number of aliphatic hydroxyl groups is 1. The molecule has 2 aromatic rings. The Labute approximate surface area is 113 Å². The highest BCUT2D eigenvalue weighted by molar-refractivity contribution is 5.41. The molecule has 0 aliphatic carbocycles. The molecule has 20 heavy (non-hydrogen) atoms. The lowest BCUT2D eigenvalue weighted by Gasteiger charge is -2.07. The van der Waals surface area contributed by atoms with Crippen molar-refractivity contribution < 1.29 is 18.3 Å². The number of hydrogen-bond acceptors (Lipinski definition) is 4. The smallest absolute Gasteiger partial charge is 0.394 e. The summed E-state index contributed by atoms with van der Waals surface area (Å²) >= 11 is 0. The Bertz CT molecular complexity index is 551. The zero-order valence-electron chi connectivity index (χ0n) is 10.4. The summed E-state index contributed by atoms with van der Waals surface area (Å²) in [4.78, 5) is 3.36.